The number of hydrogen-bond acceptors (Lipinski definition) is 5. The Morgan fingerprint density at radius 2 is 2.14 bits per heavy atom. The van der Waals surface area contributed by atoms with Crippen molar-refractivity contribution in [2.45, 2.75) is 25.4 Å². The summed E-state index contributed by atoms with van der Waals surface area (Å²) < 4.78 is 4.46. The summed E-state index contributed by atoms with van der Waals surface area (Å²) in [6, 6.07) is -1.71. The molecule has 1 amide bonds. The van der Waals surface area contributed by atoms with Crippen LogP contribution in [0.15, 0.2) is 0 Å². The third-order valence-electron chi connectivity index (χ3n) is 1.74. The lowest BCUT2D eigenvalue weighted by atomic mass is 10.2. The fraction of sp³-hybridized carbons (Fsp3) is 0.750. The van der Waals surface area contributed by atoms with Crippen molar-refractivity contribution >= 4 is 11.9 Å². The summed E-state index contributed by atoms with van der Waals surface area (Å²) in [7, 11) is 1.24. The van der Waals surface area contributed by atoms with Gasteiger partial charge in [0.25, 0.3) is 0 Å². The van der Waals surface area contributed by atoms with Crippen molar-refractivity contribution in [3.8, 4) is 0 Å². The topological polar surface area (TPSA) is 102 Å². The van der Waals surface area contributed by atoms with Gasteiger partial charge in [-0.2, -0.15) is 0 Å². The van der Waals surface area contributed by atoms with Gasteiger partial charge in [0.15, 0.2) is 0 Å². The zero-order valence-electron chi connectivity index (χ0n) is 8.32. The molecule has 14 heavy (non-hydrogen) atoms. The van der Waals surface area contributed by atoms with Crippen molar-refractivity contribution < 1.29 is 19.4 Å². The first-order valence-corrected chi connectivity index (χ1v) is 4.31. The minimum atomic E-state index is -1.01. The van der Waals surface area contributed by atoms with Gasteiger partial charge in [-0.3, -0.25) is 4.79 Å². The molecule has 0 aliphatic heterocycles. The van der Waals surface area contributed by atoms with Gasteiger partial charge >= 0.3 is 5.97 Å². The van der Waals surface area contributed by atoms with Gasteiger partial charge in [0.1, 0.15) is 12.1 Å². The minimum absolute atomic E-state index is 0.413. The van der Waals surface area contributed by atoms with Crippen LogP contribution in [-0.2, 0) is 14.3 Å². The van der Waals surface area contributed by atoms with E-state index in [2.05, 4.69) is 10.1 Å². The van der Waals surface area contributed by atoms with Crippen LogP contribution in [0.4, 0.5) is 0 Å². The van der Waals surface area contributed by atoms with Crippen molar-refractivity contribution in [1.29, 1.82) is 0 Å². The average Bonchev–Trinajstić information content (AvgIpc) is 2.22. The van der Waals surface area contributed by atoms with Crippen LogP contribution >= 0.6 is 0 Å². The first-order chi connectivity index (χ1) is 6.56. The number of amides is 1. The van der Waals surface area contributed by atoms with Gasteiger partial charge in [0.05, 0.1) is 13.7 Å². The van der Waals surface area contributed by atoms with Crippen molar-refractivity contribution in [2.75, 3.05) is 13.7 Å². The molecule has 0 fully saturated rings. The molecule has 0 saturated carbocycles. The molecule has 82 valence electrons. The van der Waals surface area contributed by atoms with Gasteiger partial charge in [-0.15, -0.1) is 0 Å². The Labute approximate surface area is 82.4 Å². The van der Waals surface area contributed by atoms with Crippen LogP contribution in [0.3, 0.4) is 0 Å². The maximum atomic E-state index is 11.2. The summed E-state index contributed by atoms with van der Waals surface area (Å²) in [5, 5.41) is 11.0. The molecule has 0 aliphatic carbocycles. The summed E-state index contributed by atoms with van der Waals surface area (Å²) in [5.41, 5.74) is 5.25. The monoisotopic (exact) mass is 204 g/mol. The second-order valence-corrected chi connectivity index (χ2v) is 2.78. The quantitative estimate of drug-likeness (QED) is 0.467. The van der Waals surface area contributed by atoms with Crippen LogP contribution in [0.5, 0.6) is 0 Å². The Morgan fingerprint density at radius 3 is 2.50 bits per heavy atom. The Hall–Kier alpha value is -1.14. The number of carbonyl (C=O) groups is 2. The zero-order chi connectivity index (χ0) is 11.1. The largest absolute Gasteiger partial charge is 0.467 e. The van der Waals surface area contributed by atoms with Crippen LogP contribution in [0.2, 0.25) is 0 Å². The molecule has 2 atom stereocenters. The average molecular weight is 204 g/mol. The van der Waals surface area contributed by atoms with Gasteiger partial charge in [-0.25, -0.2) is 4.79 Å². The van der Waals surface area contributed by atoms with Crippen molar-refractivity contribution in [3.63, 3.8) is 0 Å². The molecule has 0 unspecified atom stereocenters. The third kappa shape index (κ3) is 3.71. The van der Waals surface area contributed by atoms with E-state index in [0.29, 0.717) is 6.42 Å². The number of methoxy groups -OCH3 is 1. The van der Waals surface area contributed by atoms with Gasteiger partial charge in [-0.1, -0.05) is 6.92 Å². The highest BCUT2D eigenvalue weighted by Crippen LogP contribution is 1.94. The van der Waals surface area contributed by atoms with Gasteiger partial charge in [-0.05, 0) is 6.42 Å². The SMILES string of the molecule is CC[C@@H](NC(=O)[C@@H](N)CO)C(=O)OC. The first kappa shape index (κ1) is 12.9. The second-order valence-electron chi connectivity index (χ2n) is 2.78. The molecule has 0 aliphatic rings. The highest BCUT2D eigenvalue weighted by molar-refractivity contribution is 5.87. The predicted molar refractivity (Wildman–Crippen MR) is 49.3 cm³/mol. The van der Waals surface area contributed by atoms with E-state index in [4.69, 9.17) is 10.8 Å². The maximum Gasteiger partial charge on any atom is 0.328 e. The highest BCUT2D eigenvalue weighted by Gasteiger charge is 2.21. The molecule has 4 N–H and O–H groups in total. The molecule has 0 saturated heterocycles. The number of nitrogens with one attached hydrogen (secondary N) is 1. The minimum Gasteiger partial charge on any atom is -0.467 e. The second kappa shape index (κ2) is 6.33. The molecule has 6 nitrogen and oxygen atoms in total. The van der Waals surface area contributed by atoms with Crippen LogP contribution in [0, 0.1) is 0 Å². The maximum absolute atomic E-state index is 11.2. The number of ether oxygens (including phenoxy) is 1. The van der Waals surface area contributed by atoms with Crippen molar-refractivity contribution in [1.82, 2.24) is 5.32 Å². The molecule has 0 aromatic carbocycles. The molecule has 0 radical (unpaired) electrons. The van der Waals surface area contributed by atoms with E-state index < -0.39 is 30.6 Å². The number of carbonyl (C=O) groups excluding carboxylic acids is 2. The number of nitrogens with two attached hydrogens (primary N) is 1. The van der Waals surface area contributed by atoms with Crippen LogP contribution in [0.1, 0.15) is 13.3 Å². The molecule has 0 bridgehead atoms. The van der Waals surface area contributed by atoms with E-state index in [9.17, 15) is 9.59 Å². The Bertz CT molecular complexity index is 208. The molecule has 0 aromatic rings. The predicted octanol–water partition coefficient (Wildman–Crippen LogP) is -1.63. The Morgan fingerprint density at radius 1 is 1.57 bits per heavy atom. The smallest absolute Gasteiger partial charge is 0.328 e. The summed E-state index contributed by atoms with van der Waals surface area (Å²) >= 11 is 0. The molecule has 6 heteroatoms. The van der Waals surface area contributed by atoms with E-state index in [0.717, 1.165) is 0 Å². The molecule has 0 heterocycles. The summed E-state index contributed by atoms with van der Waals surface area (Å²) in [5.74, 6) is -1.09. The molecule has 0 spiro atoms. The van der Waals surface area contributed by atoms with Crippen LogP contribution in [-0.4, -0.2) is 42.8 Å². The number of esters is 1. The molecule has 0 rings (SSSR count). The Balaban J connectivity index is 4.18. The van der Waals surface area contributed by atoms with E-state index >= 15 is 0 Å². The fourth-order valence-electron chi connectivity index (χ4n) is 0.832. The summed E-state index contributed by atoms with van der Waals surface area (Å²) in [4.78, 5) is 22.2. The third-order valence-corrected chi connectivity index (χ3v) is 1.74. The van der Waals surface area contributed by atoms with Gasteiger partial charge < -0.3 is 20.9 Å². The first-order valence-electron chi connectivity index (χ1n) is 4.31. The van der Waals surface area contributed by atoms with Crippen molar-refractivity contribution in [2.24, 2.45) is 5.73 Å². The molecular formula is C8H16N2O4. The Kier molecular flexibility index (Phi) is 5.82. The normalized spacial score (nSPS) is 14.3. The number of rotatable bonds is 5. The van der Waals surface area contributed by atoms with Gasteiger partial charge in [0.2, 0.25) is 5.91 Å². The summed E-state index contributed by atoms with van der Waals surface area (Å²) in [6.45, 7) is 1.27. The van der Waals surface area contributed by atoms with E-state index in [-0.39, 0.29) is 0 Å². The van der Waals surface area contributed by atoms with Crippen LogP contribution in [0.25, 0.3) is 0 Å². The summed E-state index contributed by atoms with van der Waals surface area (Å²) in [6.07, 6.45) is 0.413. The lowest BCUT2D eigenvalue weighted by Crippen LogP contribution is -2.49. The standard InChI is InChI=1S/C8H16N2O4/c1-3-6(8(13)14-2)10-7(12)5(9)4-11/h5-6,11H,3-4,9H2,1-2H3,(H,10,12)/t5-,6+/m0/s1. The molecular weight excluding hydrogens is 188 g/mol. The van der Waals surface area contributed by atoms with E-state index in [1.807, 2.05) is 0 Å². The lowest BCUT2D eigenvalue weighted by Gasteiger charge is -2.16. The highest BCUT2D eigenvalue weighted by atomic mass is 16.5. The van der Waals surface area contributed by atoms with Crippen molar-refractivity contribution in [3.05, 3.63) is 0 Å². The lowest BCUT2D eigenvalue weighted by molar-refractivity contribution is -0.145. The number of aliphatic hydroxyl groups is 1. The fourth-order valence-corrected chi connectivity index (χ4v) is 0.832. The van der Waals surface area contributed by atoms with E-state index in [1.165, 1.54) is 7.11 Å². The van der Waals surface area contributed by atoms with Gasteiger partial charge in [0, 0.05) is 0 Å². The van der Waals surface area contributed by atoms with Crippen LogP contribution < -0.4 is 11.1 Å². The molecule has 0 aromatic heterocycles. The van der Waals surface area contributed by atoms with E-state index in [1.54, 1.807) is 6.92 Å². The number of hydrogen-bond donors (Lipinski definition) is 3. The zero-order valence-corrected chi connectivity index (χ0v) is 8.32. The number of aliphatic hydroxyl groups excluding tert-OH is 1.